The summed E-state index contributed by atoms with van der Waals surface area (Å²) in [6, 6.07) is 23.8. The molecule has 0 N–H and O–H groups in total. The molecule has 0 saturated heterocycles. The summed E-state index contributed by atoms with van der Waals surface area (Å²) in [4.78, 5) is 48.4. The predicted octanol–water partition coefficient (Wildman–Crippen LogP) is 7.34. The average molecular weight is 663 g/mol. The number of esters is 4. The summed E-state index contributed by atoms with van der Waals surface area (Å²) in [5, 5.41) is 0. The highest BCUT2D eigenvalue weighted by atomic mass is 16.7. The number of hydrogen-bond donors (Lipinski definition) is 0. The van der Waals surface area contributed by atoms with E-state index in [4.69, 9.17) is 28.4 Å². The van der Waals surface area contributed by atoms with Gasteiger partial charge in [-0.15, -0.1) is 0 Å². The Bertz CT molecular complexity index is 1750. The topological polar surface area (TPSA) is 124 Å². The van der Waals surface area contributed by atoms with E-state index in [0.29, 0.717) is 34.1 Å². The molecule has 0 spiro atoms. The first-order valence-electron chi connectivity index (χ1n) is 15.5. The Morgan fingerprint density at radius 2 is 0.939 bits per heavy atom. The van der Waals surface area contributed by atoms with Gasteiger partial charge in [-0.2, -0.15) is 0 Å². The predicted molar refractivity (Wildman–Crippen MR) is 180 cm³/mol. The van der Waals surface area contributed by atoms with Gasteiger partial charge < -0.3 is 28.4 Å². The molecule has 0 aromatic heterocycles. The molecule has 49 heavy (non-hydrogen) atoms. The van der Waals surface area contributed by atoms with Gasteiger partial charge in [0.2, 0.25) is 13.6 Å². The maximum absolute atomic E-state index is 13.0. The minimum atomic E-state index is -0.602. The number of carbonyl (C=O) groups excluding carboxylic acids is 4. The van der Waals surface area contributed by atoms with Gasteiger partial charge in [0.05, 0.1) is 11.1 Å². The van der Waals surface area contributed by atoms with Gasteiger partial charge in [-0.1, -0.05) is 39.1 Å². The molecule has 5 rings (SSSR count). The molecule has 0 saturated carbocycles. The Balaban J connectivity index is 1.28. The van der Waals surface area contributed by atoms with Crippen molar-refractivity contribution in [2.45, 2.75) is 32.1 Å². The van der Waals surface area contributed by atoms with Gasteiger partial charge in [-0.25, -0.2) is 19.2 Å². The van der Waals surface area contributed by atoms with Gasteiger partial charge in [0, 0.05) is 17.6 Å². The second-order valence-electron chi connectivity index (χ2n) is 10.9. The minimum absolute atomic E-state index is 0.282. The Morgan fingerprint density at radius 3 is 1.29 bits per heavy atom. The lowest BCUT2D eigenvalue weighted by molar-refractivity contribution is -0.145. The zero-order chi connectivity index (χ0) is 35.0. The van der Waals surface area contributed by atoms with Gasteiger partial charge in [0.1, 0.15) is 23.0 Å². The van der Waals surface area contributed by atoms with Crippen molar-refractivity contribution in [1.29, 1.82) is 0 Å². The smallest absolute Gasteiger partial charge is 0.343 e. The highest BCUT2D eigenvalue weighted by Crippen LogP contribution is 2.54. The SMILES string of the molecule is C=CC(=O)OCOc1ccc(C(=O)Oc2ccc3c(c2)C(CC)(CC)c2cc(OC(=O)c4ccc(OCOC(=O)C=C)cc4)ccc2-3)cc1. The number of hydrogen-bond acceptors (Lipinski definition) is 10. The minimum Gasteiger partial charge on any atom is -0.457 e. The van der Waals surface area contributed by atoms with E-state index in [1.807, 2.05) is 24.3 Å². The van der Waals surface area contributed by atoms with Crippen LogP contribution in [0.3, 0.4) is 0 Å². The third kappa shape index (κ3) is 7.54. The largest absolute Gasteiger partial charge is 0.457 e. The molecule has 1 aliphatic rings. The van der Waals surface area contributed by atoms with Crippen LogP contribution in [0.2, 0.25) is 0 Å². The summed E-state index contributed by atoms with van der Waals surface area (Å²) in [5.74, 6) is -0.651. The number of fused-ring (bicyclic) bond motifs is 3. The molecule has 0 radical (unpaired) electrons. The second-order valence-corrected chi connectivity index (χ2v) is 10.9. The highest BCUT2D eigenvalue weighted by molar-refractivity contribution is 5.92. The van der Waals surface area contributed by atoms with Gasteiger partial charge >= 0.3 is 23.9 Å². The van der Waals surface area contributed by atoms with E-state index in [-0.39, 0.29) is 13.6 Å². The van der Waals surface area contributed by atoms with Gasteiger partial charge in [-0.05, 0) is 108 Å². The van der Waals surface area contributed by atoms with E-state index in [1.54, 1.807) is 60.7 Å². The fourth-order valence-electron chi connectivity index (χ4n) is 5.73. The monoisotopic (exact) mass is 662 g/mol. The summed E-state index contributed by atoms with van der Waals surface area (Å²) < 4.78 is 31.9. The van der Waals surface area contributed by atoms with Crippen molar-refractivity contribution in [1.82, 2.24) is 0 Å². The van der Waals surface area contributed by atoms with Crippen molar-refractivity contribution in [3.05, 3.63) is 132 Å². The van der Waals surface area contributed by atoms with Crippen molar-refractivity contribution in [2.75, 3.05) is 13.6 Å². The van der Waals surface area contributed by atoms with Crippen LogP contribution in [0.15, 0.2) is 110 Å². The van der Waals surface area contributed by atoms with E-state index in [2.05, 4.69) is 27.0 Å². The molecule has 0 atom stereocenters. The Labute approximate surface area is 283 Å². The summed E-state index contributed by atoms with van der Waals surface area (Å²) in [5.41, 5.74) is 4.31. The molecule has 0 unspecified atom stereocenters. The van der Waals surface area contributed by atoms with Crippen molar-refractivity contribution in [2.24, 2.45) is 0 Å². The maximum Gasteiger partial charge on any atom is 0.343 e. The second kappa shape index (κ2) is 15.2. The molecule has 4 aromatic rings. The molecular formula is C39H34O10. The van der Waals surface area contributed by atoms with E-state index in [0.717, 1.165) is 47.2 Å². The maximum atomic E-state index is 13.0. The van der Waals surface area contributed by atoms with Crippen molar-refractivity contribution in [3.63, 3.8) is 0 Å². The van der Waals surface area contributed by atoms with Gasteiger partial charge in [0.15, 0.2) is 0 Å². The van der Waals surface area contributed by atoms with Crippen LogP contribution in [0.1, 0.15) is 58.5 Å². The quantitative estimate of drug-likeness (QED) is 0.0586. The average Bonchev–Trinajstić information content (AvgIpc) is 3.40. The van der Waals surface area contributed by atoms with E-state index < -0.39 is 29.3 Å². The normalized spacial score (nSPS) is 12.0. The van der Waals surface area contributed by atoms with Crippen LogP contribution in [0.25, 0.3) is 11.1 Å². The molecule has 10 nitrogen and oxygen atoms in total. The molecule has 10 heteroatoms. The highest BCUT2D eigenvalue weighted by Gasteiger charge is 2.41. The molecule has 0 bridgehead atoms. The molecule has 0 amide bonds. The summed E-state index contributed by atoms with van der Waals surface area (Å²) in [6.45, 7) is 10.3. The molecule has 1 aliphatic carbocycles. The number of ether oxygens (including phenoxy) is 6. The van der Waals surface area contributed by atoms with Crippen LogP contribution in [0, 0.1) is 0 Å². The van der Waals surface area contributed by atoms with Crippen molar-refractivity contribution < 1.29 is 47.6 Å². The Morgan fingerprint density at radius 1 is 0.571 bits per heavy atom. The first kappa shape index (κ1) is 34.2. The third-order valence-corrected chi connectivity index (χ3v) is 8.30. The molecule has 0 aliphatic heterocycles. The van der Waals surface area contributed by atoms with Crippen LogP contribution >= 0.6 is 0 Å². The molecule has 0 fully saturated rings. The van der Waals surface area contributed by atoms with Crippen LogP contribution < -0.4 is 18.9 Å². The summed E-state index contributed by atoms with van der Waals surface area (Å²) in [7, 11) is 0. The number of benzene rings is 4. The first-order valence-corrected chi connectivity index (χ1v) is 15.5. The van der Waals surface area contributed by atoms with E-state index in [1.165, 1.54) is 0 Å². The van der Waals surface area contributed by atoms with E-state index >= 15 is 0 Å². The number of carbonyl (C=O) groups is 4. The zero-order valence-electron chi connectivity index (χ0n) is 27.1. The Hall–Kier alpha value is -6.16. The molecule has 250 valence electrons. The standard InChI is InChI=1S/C39H34O10/c1-5-35(40)46-23-44-27-13-9-25(10-14-27)37(42)48-29-17-19-31-32-20-18-30(22-34(32)39(7-3,8-4)33(31)21-29)49-38(43)26-11-15-28(16-12-26)45-24-47-36(41)6-2/h5-6,9-22H,1-2,7-8,23-24H2,3-4H3. The lowest BCUT2D eigenvalue weighted by atomic mass is 9.74. The third-order valence-electron chi connectivity index (χ3n) is 8.30. The first-order chi connectivity index (χ1) is 23.7. The molecule has 0 heterocycles. The van der Waals surface area contributed by atoms with Crippen LogP contribution in [-0.2, 0) is 24.5 Å². The fourth-order valence-corrected chi connectivity index (χ4v) is 5.73. The van der Waals surface area contributed by atoms with Crippen LogP contribution in [0.5, 0.6) is 23.0 Å². The lowest BCUT2D eigenvalue weighted by Crippen LogP contribution is -2.23. The number of rotatable bonds is 14. The van der Waals surface area contributed by atoms with Crippen LogP contribution in [-0.4, -0.2) is 37.5 Å². The fraction of sp³-hybridized carbons (Fsp3) is 0.179. The molecule has 4 aromatic carbocycles. The summed E-state index contributed by atoms with van der Waals surface area (Å²) in [6.07, 6.45) is 3.59. The van der Waals surface area contributed by atoms with Gasteiger partial charge in [0.25, 0.3) is 0 Å². The summed E-state index contributed by atoms with van der Waals surface area (Å²) >= 11 is 0. The Kier molecular flexibility index (Phi) is 10.6. The van der Waals surface area contributed by atoms with Crippen LogP contribution in [0.4, 0.5) is 0 Å². The molecular weight excluding hydrogens is 628 g/mol. The van der Waals surface area contributed by atoms with E-state index in [9.17, 15) is 19.2 Å². The van der Waals surface area contributed by atoms with Crippen molar-refractivity contribution >= 4 is 23.9 Å². The van der Waals surface area contributed by atoms with Gasteiger partial charge in [-0.3, -0.25) is 0 Å². The lowest BCUT2D eigenvalue weighted by Gasteiger charge is -2.30. The zero-order valence-corrected chi connectivity index (χ0v) is 27.1. The van der Waals surface area contributed by atoms with Crippen molar-refractivity contribution in [3.8, 4) is 34.1 Å².